The second-order valence-corrected chi connectivity index (χ2v) is 9.41. The van der Waals surface area contributed by atoms with Gasteiger partial charge in [0.25, 0.3) is 0 Å². The van der Waals surface area contributed by atoms with Crippen molar-refractivity contribution in [2.45, 2.75) is 65.7 Å². The van der Waals surface area contributed by atoms with Crippen molar-refractivity contribution in [3.05, 3.63) is 102 Å². The number of hydrogen-bond acceptors (Lipinski definition) is 2. The van der Waals surface area contributed by atoms with Crippen LogP contribution in [-0.4, -0.2) is 18.3 Å². The summed E-state index contributed by atoms with van der Waals surface area (Å²) in [5.41, 5.74) is 1.92. The van der Waals surface area contributed by atoms with Crippen LogP contribution < -0.4 is 10.2 Å². The quantitative estimate of drug-likeness (QED) is 0.435. The molecule has 0 aromatic heterocycles. The number of aryl methyl sites for hydroxylation is 1. The summed E-state index contributed by atoms with van der Waals surface area (Å²) in [5, 5.41) is 3.51. The SMILES string of the molecule is C=C1NC2C=CC=CC2C(CC)(CC)/C=C\C(C)N(c2ccccc2C)/C1=C/C(=C\C)C(F)(F)F. The molecule has 1 aliphatic carbocycles. The average molecular weight is 483 g/mol. The number of nitrogens with zero attached hydrogens (tertiary/aromatic N) is 1. The van der Waals surface area contributed by atoms with Gasteiger partial charge in [-0.05, 0) is 56.7 Å². The Labute approximate surface area is 208 Å². The highest BCUT2D eigenvalue weighted by Crippen LogP contribution is 2.43. The first-order valence-corrected chi connectivity index (χ1v) is 12.4. The Morgan fingerprint density at radius 3 is 2.37 bits per heavy atom. The molecule has 1 aromatic rings. The maximum absolute atomic E-state index is 13.9. The third-order valence-corrected chi connectivity index (χ3v) is 7.44. The molecule has 3 unspecified atom stereocenters. The molecule has 0 spiro atoms. The fraction of sp³-hybridized carbons (Fsp3) is 0.400. The molecule has 1 aromatic carbocycles. The van der Waals surface area contributed by atoms with Gasteiger partial charge in [0.1, 0.15) is 0 Å². The van der Waals surface area contributed by atoms with Crippen molar-refractivity contribution in [2.75, 3.05) is 4.90 Å². The summed E-state index contributed by atoms with van der Waals surface area (Å²) in [5.74, 6) is 0.151. The highest BCUT2D eigenvalue weighted by Gasteiger charge is 2.39. The summed E-state index contributed by atoms with van der Waals surface area (Å²) in [4.78, 5) is 1.97. The Kier molecular flexibility index (Phi) is 8.19. The molecule has 0 saturated carbocycles. The molecule has 0 radical (unpaired) electrons. The predicted molar refractivity (Wildman–Crippen MR) is 141 cm³/mol. The summed E-state index contributed by atoms with van der Waals surface area (Å²) in [6, 6.07) is 7.49. The van der Waals surface area contributed by atoms with Crippen LogP contribution in [0.2, 0.25) is 0 Å². The van der Waals surface area contributed by atoms with Crippen LogP contribution in [0.1, 0.15) is 46.1 Å². The first-order valence-electron chi connectivity index (χ1n) is 12.4. The van der Waals surface area contributed by atoms with Gasteiger partial charge in [0, 0.05) is 17.6 Å². The molecule has 5 heteroatoms. The average Bonchev–Trinajstić information content (AvgIpc) is 2.83. The van der Waals surface area contributed by atoms with Crippen LogP contribution in [0.4, 0.5) is 18.9 Å². The zero-order valence-electron chi connectivity index (χ0n) is 21.4. The number of para-hydroxylation sites is 1. The lowest BCUT2D eigenvalue weighted by Gasteiger charge is -2.44. The lowest BCUT2D eigenvalue weighted by Crippen LogP contribution is -2.46. The van der Waals surface area contributed by atoms with Gasteiger partial charge in [-0.15, -0.1) is 0 Å². The van der Waals surface area contributed by atoms with Crippen molar-refractivity contribution in [1.29, 1.82) is 0 Å². The molecule has 3 atom stereocenters. The van der Waals surface area contributed by atoms with Crippen molar-refractivity contribution >= 4 is 5.69 Å². The molecule has 1 aliphatic heterocycles. The first-order chi connectivity index (χ1) is 16.6. The normalized spacial score (nSPS) is 26.9. The molecule has 35 heavy (non-hydrogen) atoms. The van der Waals surface area contributed by atoms with Crippen LogP contribution in [0.5, 0.6) is 0 Å². The third kappa shape index (κ3) is 5.50. The lowest BCUT2D eigenvalue weighted by atomic mass is 9.66. The fourth-order valence-corrected chi connectivity index (χ4v) is 5.23. The van der Waals surface area contributed by atoms with Crippen molar-refractivity contribution in [2.24, 2.45) is 11.3 Å². The van der Waals surface area contributed by atoms with Crippen LogP contribution >= 0.6 is 0 Å². The van der Waals surface area contributed by atoms with E-state index in [1.54, 1.807) is 0 Å². The van der Waals surface area contributed by atoms with Gasteiger partial charge < -0.3 is 10.2 Å². The Balaban J connectivity index is 2.29. The number of hydrogen-bond donors (Lipinski definition) is 1. The van der Waals surface area contributed by atoms with E-state index in [2.05, 4.69) is 56.1 Å². The number of rotatable bonds is 4. The summed E-state index contributed by atoms with van der Waals surface area (Å²) in [6.45, 7) is 14.1. The van der Waals surface area contributed by atoms with Crippen molar-refractivity contribution in [3.8, 4) is 0 Å². The highest BCUT2D eigenvalue weighted by atomic mass is 19.4. The Morgan fingerprint density at radius 1 is 1.11 bits per heavy atom. The van der Waals surface area contributed by atoms with Gasteiger partial charge in [-0.2, -0.15) is 13.2 Å². The second-order valence-electron chi connectivity index (χ2n) is 9.41. The van der Waals surface area contributed by atoms with Crippen molar-refractivity contribution in [3.63, 3.8) is 0 Å². The molecule has 3 rings (SSSR count). The van der Waals surface area contributed by atoms with Crippen LogP contribution in [0.3, 0.4) is 0 Å². The highest BCUT2D eigenvalue weighted by molar-refractivity contribution is 5.63. The summed E-state index contributed by atoms with van der Waals surface area (Å²) in [6.07, 6.45) is 12.6. The number of alkyl halides is 3. The lowest BCUT2D eigenvalue weighted by molar-refractivity contribution is -0.0883. The van der Waals surface area contributed by atoms with E-state index in [-0.39, 0.29) is 23.4 Å². The van der Waals surface area contributed by atoms with E-state index >= 15 is 0 Å². The molecule has 1 N–H and O–H groups in total. The molecule has 0 bridgehead atoms. The van der Waals surface area contributed by atoms with Gasteiger partial charge in [0.15, 0.2) is 0 Å². The van der Waals surface area contributed by atoms with E-state index < -0.39 is 11.7 Å². The number of benzene rings is 1. The zero-order valence-corrected chi connectivity index (χ0v) is 21.4. The smallest absolute Gasteiger partial charge is 0.377 e. The Morgan fingerprint density at radius 2 is 1.77 bits per heavy atom. The molecular weight excluding hydrogens is 445 g/mol. The van der Waals surface area contributed by atoms with Gasteiger partial charge in [0.05, 0.1) is 23.0 Å². The number of allylic oxidation sites excluding steroid dienone is 6. The summed E-state index contributed by atoms with van der Waals surface area (Å²) >= 11 is 0. The maximum Gasteiger partial charge on any atom is 0.416 e. The zero-order chi connectivity index (χ0) is 25.8. The van der Waals surface area contributed by atoms with E-state index in [4.69, 9.17) is 0 Å². The van der Waals surface area contributed by atoms with E-state index in [1.165, 1.54) is 13.0 Å². The van der Waals surface area contributed by atoms with Crippen molar-refractivity contribution < 1.29 is 13.2 Å². The molecule has 0 fully saturated rings. The summed E-state index contributed by atoms with van der Waals surface area (Å²) in [7, 11) is 0. The minimum atomic E-state index is -4.47. The largest absolute Gasteiger partial charge is 0.416 e. The number of anilines is 1. The van der Waals surface area contributed by atoms with Gasteiger partial charge in [-0.25, -0.2) is 0 Å². The van der Waals surface area contributed by atoms with E-state index in [0.29, 0.717) is 11.4 Å². The van der Waals surface area contributed by atoms with Gasteiger partial charge in [-0.3, -0.25) is 0 Å². The minimum absolute atomic E-state index is 0.0903. The number of halogens is 3. The summed E-state index contributed by atoms with van der Waals surface area (Å²) < 4.78 is 41.6. The molecule has 2 aliphatic rings. The monoisotopic (exact) mass is 482 g/mol. The Hall–Kier alpha value is -2.95. The molecule has 2 nitrogen and oxygen atoms in total. The minimum Gasteiger partial charge on any atom is -0.377 e. The second kappa shape index (κ2) is 10.8. The first kappa shape index (κ1) is 26.7. The topological polar surface area (TPSA) is 15.3 Å². The van der Waals surface area contributed by atoms with Crippen molar-refractivity contribution in [1.82, 2.24) is 5.32 Å². The fourth-order valence-electron chi connectivity index (χ4n) is 5.23. The van der Waals surface area contributed by atoms with E-state index in [1.807, 2.05) is 49.1 Å². The molecule has 0 amide bonds. The van der Waals surface area contributed by atoms with Gasteiger partial charge in [0.2, 0.25) is 0 Å². The standard InChI is InChI=1S/C30H37F3N2/c1-7-24(30(31,32)33)20-28-23(6)34-26-16-12-11-15-25(26)29(8-2,9-3)19-18-22(5)35(28)27-17-13-10-14-21(27)4/h7,10-20,22,25-26,34H,6,8-9H2,1-5H3/b19-18-,24-7+,28-20+. The molecular formula is C30H37F3N2. The van der Waals surface area contributed by atoms with Gasteiger partial charge >= 0.3 is 6.18 Å². The third-order valence-electron chi connectivity index (χ3n) is 7.44. The predicted octanol–water partition coefficient (Wildman–Crippen LogP) is 8.17. The number of fused-ring (bicyclic) bond motifs is 1. The van der Waals surface area contributed by atoms with Gasteiger partial charge in [-0.1, -0.05) is 81.2 Å². The maximum atomic E-state index is 13.9. The van der Waals surface area contributed by atoms with Crippen LogP contribution in [0.25, 0.3) is 0 Å². The van der Waals surface area contributed by atoms with E-state index in [0.717, 1.165) is 30.2 Å². The Bertz CT molecular complexity index is 1070. The van der Waals surface area contributed by atoms with Crippen LogP contribution in [0.15, 0.2) is 96.4 Å². The molecule has 188 valence electrons. The van der Waals surface area contributed by atoms with E-state index in [9.17, 15) is 13.2 Å². The molecule has 0 saturated heterocycles. The molecule has 1 heterocycles. The number of nitrogens with one attached hydrogen (secondary N) is 1. The van der Waals surface area contributed by atoms with Crippen LogP contribution in [-0.2, 0) is 0 Å². The van der Waals surface area contributed by atoms with Crippen LogP contribution in [0, 0.1) is 18.3 Å².